The lowest BCUT2D eigenvalue weighted by molar-refractivity contribution is 0.297. The van der Waals surface area contributed by atoms with Crippen molar-refractivity contribution < 1.29 is 5.11 Å². The first-order chi connectivity index (χ1) is 4.84. The summed E-state index contributed by atoms with van der Waals surface area (Å²) in [6.07, 6.45) is 1.70. The molecule has 3 heteroatoms. The predicted molar refractivity (Wildman–Crippen MR) is 39.7 cm³/mol. The number of aliphatic hydroxyl groups is 1. The largest absolute Gasteiger partial charge is 0.376 e. The number of hydrogen-bond acceptors (Lipinski definition) is 3. The molecule has 1 aromatic heterocycles. The van der Waals surface area contributed by atoms with Gasteiger partial charge in [0.25, 0.3) is 0 Å². The lowest BCUT2D eigenvalue weighted by atomic mass is 10.4. The van der Waals surface area contributed by atoms with Gasteiger partial charge in [0, 0.05) is 13.2 Å². The Labute approximate surface area is 59.9 Å². The first kappa shape index (κ1) is 7.02. The van der Waals surface area contributed by atoms with Crippen LogP contribution in [0.25, 0.3) is 0 Å². The molecule has 0 amide bonds. The van der Waals surface area contributed by atoms with E-state index in [-0.39, 0.29) is 6.73 Å². The van der Waals surface area contributed by atoms with E-state index in [1.165, 1.54) is 0 Å². The Bertz CT molecular complexity index is 188. The van der Waals surface area contributed by atoms with E-state index in [1.54, 1.807) is 18.1 Å². The highest BCUT2D eigenvalue weighted by Gasteiger charge is 1.95. The molecule has 0 saturated carbocycles. The van der Waals surface area contributed by atoms with Crippen LogP contribution in [-0.4, -0.2) is 23.9 Å². The topological polar surface area (TPSA) is 36.4 Å². The molecule has 0 aliphatic carbocycles. The smallest absolute Gasteiger partial charge is 0.130 e. The summed E-state index contributed by atoms with van der Waals surface area (Å²) >= 11 is 0. The molecule has 0 aliphatic heterocycles. The zero-order valence-electron chi connectivity index (χ0n) is 5.86. The number of rotatable bonds is 2. The second-order valence-electron chi connectivity index (χ2n) is 2.03. The van der Waals surface area contributed by atoms with Gasteiger partial charge in [-0.25, -0.2) is 4.98 Å². The SMILES string of the molecule is CN(CO)c1ccccn1. The third-order valence-corrected chi connectivity index (χ3v) is 1.25. The fraction of sp³-hybridized carbons (Fsp3) is 0.286. The minimum absolute atomic E-state index is 0.00296. The van der Waals surface area contributed by atoms with Gasteiger partial charge in [0.05, 0.1) is 0 Å². The van der Waals surface area contributed by atoms with Gasteiger partial charge < -0.3 is 10.0 Å². The van der Waals surface area contributed by atoms with Crippen molar-refractivity contribution in [3.63, 3.8) is 0 Å². The zero-order chi connectivity index (χ0) is 7.40. The van der Waals surface area contributed by atoms with Crippen LogP contribution in [0.4, 0.5) is 5.82 Å². The Morgan fingerprint density at radius 1 is 1.60 bits per heavy atom. The van der Waals surface area contributed by atoms with Gasteiger partial charge >= 0.3 is 0 Å². The molecule has 1 N–H and O–H groups in total. The molecule has 1 rings (SSSR count). The molecule has 0 aliphatic rings. The summed E-state index contributed by atoms with van der Waals surface area (Å²) in [5.41, 5.74) is 0. The molecule has 1 aromatic rings. The summed E-state index contributed by atoms with van der Waals surface area (Å²) in [5, 5.41) is 8.67. The molecule has 0 spiro atoms. The van der Waals surface area contributed by atoms with Gasteiger partial charge in [0.1, 0.15) is 12.5 Å². The van der Waals surface area contributed by atoms with Crippen molar-refractivity contribution in [1.29, 1.82) is 0 Å². The molecule has 0 bridgehead atoms. The fourth-order valence-corrected chi connectivity index (χ4v) is 0.652. The van der Waals surface area contributed by atoms with E-state index in [1.807, 2.05) is 18.2 Å². The molecular formula is C7H10N2O. The molecule has 3 nitrogen and oxygen atoms in total. The maximum Gasteiger partial charge on any atom is 0.130 e. The van der Waals surface area contributed by atoms with Crippen LogP contribution >= 0.6 is 0 Å². The minimum Gasteiger partial charge on any atom is -0.376 e. The second kappa shape index (κ2) is 3.17. The molecule has 0 aromatic carbocycles. The first-order valence-corrected chi connectivity index (χ1v) is 3.07. The third kappa shape index (κ3) is 1.45. The van der Waals surface area contributed by atoms with Crippen molar-refractivity contribution in [2.45, 2.75) is 0 Å². The molecule has 54 valence electrons. The summed E-state index contributed by atoms with van der Waals surface area (Å²) in [6.45, 7) is -0.00296. The number of aliphatic hydroxyl groups excluding tert-OH is 1. The fourth-order valence-electron chi connectivity index (χ4n) is 0.652. The molecule has 0 fully saturated rings. The van der Waals surface area contributed by atoms with Gasteiger partial charge in [-0.05, 0) is 12.1 Å². The number of aromatic nitrogens is 1. The monoisotopic (exact) mass is 138 g/mol. The Morgan fingerprint density at radius 3 is 2.90 bits per heavy atom. The first-order valence-electron chi connectivity index (χ1n) is 3.07. The average Bonchev–Trinajstić information content (AvgIpc) is 2.05. The predicted octanol–water partition coefficient (Wildman–Crippen LogP) is 0.468. The van der Waals surface area contributed by atoms with Gasteiger partial charge in [-0.2, -0.15) is 0 Å². The second-order valence-corrected chi connectivity index (χ2v) is 2.03. The van der Waals surface area contributed by atoms with Crippen molar-refractivity contribution in [2.24, 2.45) is 0 Å². The molecular weight excluding hydrogens is 128 g/mol. The maximum atomic E-state index is 8.67. The molecule has 0 radical (unpaired) electrons. The Hall–Kier alpha value is -1.09. The summed E-state index contributed by atoms with van der Waals surface area (Å²) in [6, 6.07) is 5.57. The van der Waals surface area contributed by atoms with Gasteiger partial charge in [-0.3, -0.25) is 0 Å². The van der Waals surface area contributed by atoms with E-state index in [0.29, 0.717) is 0 Å². The zero-order valence-corrected chi connectivity index (χ0v) is 5.86. The van der Waals surface area contributed by atoms with E-state index in [0.717, 1.165) is 5.82 Å². The molecule has 1 heterocycles. The third-order valence-electron chi connectivity index (χ3n) is 1.25. The van der Waals surface area contributed by atoms with E-state index in [2.05, 4.69) is 4.98 Å². The van der Waals surface area contributed by atoms with Crippen LogP contribution in [0.15, 0.2) is 24.4 Å². The lowest BCUT2D eigenvalue weighted by Gasteiger charge is -2.12. The Balaban J connectivity index is 2.75. The van der Waals surface area contributed by atoms with Gasteiger partial charge in [-0.15, -0.1) is 0 Å². The number of nitrogens with zero attached hydrogens (tertiary/aromatic N) is 2. The van der Waals surface area contributed by atoms with E-state index >= 15 is 0 Å². The lowest BCUT2D eigenvalue weighted by Crippen LogP contribution is -2.18. The maximum absolute atomic E-state index is 8.67. The van der Waals surface area contributed by atoms with E-state index in [9.17, 15) is 0 Å². The van der Waals surface area contributed by atoms with Crippen LogP contribution in [0.3, 0.4) is 0 Å². The average molecular weight is 138 g/mol. The number of anilines is 1. The van der Waals surface area contributed by atoms with Gasteiger partial charge in [0.15, 0.2) is 0 Å². The van der Waals surface area contributed by atoms with Crippen molar-refractivity contribution in [3.05, 3.63) is 24.4 Å². The highest BCUT2D eigenvalue weighted by Crippen LogP contribution is 2.03. The molecule has 0 unspecified atom stereocenters. The standard InChI is InChI=1S/C7H10N2O/c1-9(6-10)7-4-2-3-5-8-7/h2-5,10H,6H2,1H3. The molecule has 0 saturated heterocycles. The van der Waals surface area contributed by atoms with E-state index < -0.39 is 0 Å². The molecule has 0 atom stereocenters. The van der Waals surface area contributed by atoms with Crippen molar-refractivity contribution in [3.8, 4) is 0 Å². The van der Waals surface area contributed by atoms with Gasteiger partial charge in [0.2, 0.25) is 0 Å². The van der Waals surface area contributed by atoms with Crippen LogP contribution in [0, 0.1) is 0 Å². The van der Waals surface area contributed by atoms with Gasteiger partial charge in [-0.1, -0.05) is 6.07 Å². The summed E-state index contributed by atoms with van der Waals surface area (Å²) in [4.78, 5) is 5.67. The van der Waals surface area contributed by atoms with Crippen LogP contribution in [0.1, 0.15) is 0 Å². The number of pyridine rings is 1. The van der Waals surface area contributed by atoms with Crippen molar-refractivity contribution in [2.75, 3.05) is 18.7 Å². The summed E-state index contributed by atoms with van der Waals surface area (Å²) in [5.74, 6) is 0.782. The minimum atomic E-state index is -0.00296. The van der Waals surface area contributed by atoms with Crippen LogP contribution < -0.4 is 4.90 Å². The summed E-state index contributed by atoms with van der Waals surface area (Å²) in [7, 11) is 1.78. The van der Waals surface area contributed by atoms with Crippen LogP contribution in [0.5, 0.6) is 0 Å². The highest BCUT2D eigenvalue weighted by atomic mass is 16.3. The Morgan fingerprint density at radius 2 is 2.40 bits per heavy atom. The van der Waals surface area contributed by atoms with Crippen LogP contribution in [0.2, 0.25) is 0 Å². The number of hydrogen-bond donors (Lipinski definition) is 1. The van der Waals surface area contributed by atoms with Crippen molar-refractivity contribution in [1.82, 2.24) is 4.98 Å². The quantitative estimate of drug-likeness (QED) is 0.603. The Kier molecular flexibility index (Phi) is 2.23. The summed E-state index contributed by atoms with van der Waals surface area (Å²) < 4.78 is 0. The van der Waals surface area contributed by atoms with Crippen LogP contribution in [-0.2, 0) is 0 Å². The van der Waals surface area contributed by atoms with Crippen molar-refractivity contribution >= 4 is 5.82 Å². The molecule has 10 heavy (non-hydrogen) atoms. The normalized spacial score (nSPS) is 9.40. The highest BCUT2D eigenvalue weighted by molar-refractivity contribution is 5.35. The van der Waals surface area contributed by atoms with E-state index in [4.69, 9.17) is 5.11 Å².